The minimum atomic E-state index is -0.990. The lowest BCUT2D eigenvalue weighted by molar-refractivity contribution is -0.127. The topological polar surface area (TPSA) is 66.8 Å². The number of carboxylic acids is 1. The second-order valence-electron chi connectivity index (χ2n) is 3.62. The number of hydrogen-bond acceptors (Lipinski definition) is 3. The predicted molar refractivity (Wildman–Crippen MR) is 62.2 cm³/mol. The summed E-state index contributed by atoms with van der Waals surface area (Å²) in [6, 6.07) is 6.25. The third kappa shape index (κ3) is 4.14. The van der Waals surface area contributed by atoms with Crippen molar-refractivity contribution >= 4 is 11.9 Å². The molecule has 1 aromatic rings. The summed E-state index contributed by atoms with van der Waals surface area (Å²) in [4.78, 5) is 23.2. The first-order valence-electron chi connectivity index (χ1n) is 5.18. The summed E-state index contributed by atoms with van der Waals surface area (Å²) >= 11 is 0. The smallest absolute Gasteiger partial charge is 0.335 e. The normalized spacial score (nSPS) is 9.76. The molecule has 0 atom stereocenters. The van der Waals surface area contributed by atoms with E-state index in [9.17, 15) is 9.59 Å². The van der Waals surface area contributed by atoms with Gasteiger partial charge in [0.15, 0.2) is 0 Å². The van der Waals surface area contributed by atoms with E-state index < -0.39 is 5.97 Å². The minimum Gasteiger partial charge on any atom is -0.492 e. The van der Waals surface area contributed by atoms with Crippen LogP contribution in [-0.4, -0.2) is 42.1 Å². The Bertz CT molecular complexity index is 417. The van der Waals surface area contributed by atoms with Crippen LogP contribution in [0.15, 0.2) is 24.3 Å². The van der Waals surface area contributed by atoms with Gasteiger partial charge in [-0.15, -0.1) is 0 Å². The monoisotopic (exact) mass is 237 g/mol. The zero-order valence-corrected chi connectivity index (χ0v) is 9.84. The summed E-state index contributed by atoms with van der Waals surface area (Å²) in [6.07, 6.45) is 0. The molecule has 0 saturated heterocycles. The van der Waals surface area contributed by atoms with Crippen molar-refractivity contribution in [1.29, 1.82) is 0 Å². The molecule has 5 heteroatoms. The van der Waals surface area contributed by atoms with Crippen molar-refractivity contribution in [2.24, 2.45) is 0 Å². The second kappa shape index (κ2) is 5.89. The van der Waals surface area contributed by atoms with Gasteiger partial charge in [-0.25, -0.2) is 4.79 Å². The molecule has 92 valence electrons. The van der Waals surface area contributed by atoms with Crippen LogP contribution in [0.1, 0.15) is 17.3 Å². The highest BCUT2D eigenvalue weighted by Crippen LogP contribution is 2.13. The molecule has 0 fully saturated rings. The van der Waals surface area contributed by atoms with E-state index in [4.69, 9.17) is 9.84 Å². The maximum atomic E-state index is 10.9. The number of likely N-dealkylation sites (N-methyl/N-ethyl adjacent to an activating group) is 1. The molecule has 0 aromatic heterocycles. The number of carboxylic acid groups (broad SMARTS) is 1. The average molecular weight is 237 g/mol. The Morgan fingerprint density at radius 3 is 2.71 bits per heavy atom. The van der Waals surface area contributed by atoms with Gasteiger partial charge in [0, 0.05) is 14.0 Å². The molecule has 0 unspecified atom stereocenters. The lowest BCUT2D eigenvalue weighted by atomic mass is 10.2. The number of hydrogen-bond donors (Lipinski definition) is 1. The molecule has 0 spiro atoms. The summed E-state index contributed by atoms with van der Waals surface area (Å²) < 4.78 is 5.36. The van der Waals surface area contributed by atoms with E-state index in [-0.39, 0.29) is 11.5 Å². The summed E-state index contributed by atoms with van der Waals surface area (Å²) in [5.74, 6) is -0.536. The lowest BCUT2D eigenvalue weighted by Gasteiger charge is -2.15. The number of ether oxygens (including phenoxy) is 1. The van der Waals surface area contributed by atoms with Crippen molar-refractivity contribution in [3.05, 3.63) is 29.8 Å². The molecule has 0 saturated carbocycles. The van der Waals surface area contributed by atoms with E-state index in [0.29, 0.717) is 18.9 Å². The van der Waals surface area contributed by atoms with Crippen LogP contribution in [0.2, 0.25) is 0 Å². The Hall–Kier alpha value is -2.04. The summed E-state index contributed by atoms with van der Waals surface area (Å²) in [7, 11) is 1.68. The van der Waals surface area contributed by atoms with Crippen LogP contribution in [0.25, 0.3) is 0 Å². The van der Waals surface area contributed by atoms with Gasteiger partial charge in [-0.05, 0) is 18.2 Å². The summed E-state index contributed by atoms with van der Waals surface area (Å²) in [5, 5.41) is 8.79. The van der Waals surface area contributed by atoms with E-state index >= 15 is 0 Å². The van der Waals surface area contributed by atoms with Gasteiger partial charge in [0.25, 0.3) is 0 Å². The fourth-order valence-electron chi connectivity index (χ4n) is 1.18. The first-order valence-corrected chi connectivity index (χ1v) is 5.18. The molecule has 17 heavy (non-hydrogen) atoms. The molecule has 0 radical (unpaired) electrons. The minimum absolute atomic E-state index is 0.0344. The number of aromatic carboxylic acids is 1. The average Bonchev–Trinajstić information content (AvgIpc) is 2.29. The Labute approximate surface area is 99.6 Å². The molecule has 1 amide bonds. The van der Waals surface area contributed by atoms with Crippen molar-refractivity contribution in [3.8, 4) is 5.75 Å². The largest absolute Gasteiger partial charge is 0.492 e. The first-order chi connectivity index (χ1) is 8.00. The fourth-order valence-corrected chi connectivity index (χ4v) is 1.18. The van der Waals surface area contributed by atoms with Crippen LogP contribution in [0.4, 0.5) is 0 Å². The van der Waals surface area contributed by atoms with E-state index in [1.165, 1.54) is 24.0 Å². The highest BCUT2D eigenvalue weighted by atomic mass is 16.5. The van der Waals surface area contributed by atoms with Gasteiger partial charge in [0.2, 0.25) is 5.91 Å². The maximum absolute atomic E-state index is 10.9. The highest BCUT2D eigenvalue weighted by molar-refractivity contribution is 5.88. The quantitative estimate of drug-likeness (QED) is 0.836. The van der Waals surface area contributed by atoms with Gasteiger partial charge in [0.1, 0.15) is 12.4 Å². The van der Waals surface area contributed by atoms with Crippen LogP contribution in [0.5, 0.6) is 5.75 Å². The number of amides is 1. The fraction of sp³-hybridized carbons (Fsp3) is 0.333. The van der Waals surface area contributed by atoms with Crippen LogP contribution < -0.4 is 4.74 Å². The van der Waals surface area contributed by atoms with Crippen LogP contribution in [-0.2, 0) is 4.79 Å². The Morgan fingerprint density at radius 2 is 2.12 bits per heavy atom. The van der Waals surface area contributed by atoms with Crippen LogP contribution in [0, 0.1) is 0 Å². The number of nitrogens with zero attached hydrogens (tertiary/aromatic N) is 1. The molecule has 0 heterocycles. The van der Waals surface area contributed by atoms with E-state index in [0.717, 1.165) is 0 Å². The molecule has 5 nitrogen and oxygen atoms in total. The van der Waals surface area contributed by atoms with Crippen molar-refractivity contribution in [2.75, 3.05) is 20.2 Å². The standard InChI is InChI=1S/C12H15NO4/c1-9(14)13(2)6-7-17-11-5-3-4-10(8-11)12(15)16/h3-5,8H,6-7H2,1-2H3,(H,15,16). The number of benzene rings is 1. The molecular formula is C12H15NO4. The van der Waals surface area contributed by atoms with Crippen molar-refractivity contribution in [2.45, 2.75) is 6.92 Å². The van der Waals surface area contributed by atoms with Crippen molar-refractivity contribution in [3.63, 3.8) is 0 Å². The molecule has 1 rings (SSSR count). The second-order valence-corrected chi connectivity index (χ2v) is 3.62. The molecular weight excluding hydrogens is 222 g/mol. The summed E-state index contributed by atoms with van der Waals surface area (Å²) in [5.41, 5.74) is 0.183. The number of carbonyl (C=O) groups excluding carboxylic acids is 1. The number of carbonyl (C=O) groups is 2. The van der Waals surface area contributed by atoms with Crippen molar-refractivity contribution < 1.29 is 19.4 Å². The molecule has 1 N–H and O–H groups in total. The Balaban J connectivity index is 2.49. The predicted octanol–water partition coefficient (Wildman–Crippen LogP) is 1.24. The van der Waals surface area contributed by atoms with Gasteiger partial charge >= 0.3 is 5.97 Å². The van der Waals surface area contributed by atoms with Gasteiger partial charge in [-0.2, -0.15) is 0 Å². The van der Waals surface area contributed by atoms with E-state index in [1.807, 2.05) is 0 Å². The zero-order valence-electron chi connectivity index (χ0n) is 9.84. The lowest BCUT2D eigenvalue weighted by Crippen LogP contribution is -2.28. The molecule has 0 aliphatic carbocycles. The van der Waals surface area contributed by atoms with E-state index in [1.54, 1.807) is 19.2 Å². The first kappa shape index (κ1) is 13.0. The molecule has 0 bridgehead atoms. The maximum Gasteiger partial charge on any atom is 0.335 e. The highest BCUT2D eigenvalue weighted by Gasteiger charge is 2.05. The van der Waals surface area contributed by atoms with Crippen LogP contribution >= 0.6 is 0 Å². The SMILES string of the molecule is CC(=O)N(C)CCOc1cccc(C(=O)O)c1. The summed E-state index contributed by atoms with van der Waals surface area (Å²) in [6.45, 7) is 2.27. The van der Waals surface area contributed by atoms with Crippen LogP contribution in [0.3, 0.4) is 0 Å². The molecule has 1 aromatic carbocycles. The number of rotatable bonds is 5. The zero-order chi connectivity index (χ0) is 12.8. The molecule has 0 aliphatic heterocycles. The molecule has 0 aliphatic rings. The third-order valence-corrected chi connectivity index (χ3v) is 2.31. The van der Waals surface area contributed by atoms with Gasteiger partial charge in [-0.3, -0.25) is 4.79 Å². The van der Waals surface area contributed by atoms with E-state index in [2.05, 4.69) is 0 Å². The van der Waals surface area contributed by atoms with Gasteiger partial charge < -0.3 is 14.7 Å². The third-order valence-electron chi connectivity index (χ3n) is 2.31. The Kier molecular flexibility index (Phi) is 4.51. The van der Waals surface area contributed by atoms with Gasteiger partial charge in [0.05, 0.1) is 12.1 Å². The van der Waals surface area contributed by atoms with Gasteiger partial charge in [-0.1, -0.05) is 6.07 Å². The van der Waals surface area contributed by atoms with Crippen molar-refractivity contribution in [1.82, 2.24) is 4.90 Å². The Morgan fingerprint density at radius 1 is 1.41 bits per heavy atom.